The second-order valence-corrected chi connectivity index (χ2v) is 6.80. The molecule has 2 atom stereocenters. The summed E-state index contributed by atoms with van der Waals surface area (Å²) in [6, 6.07) is 0. The molecule has 0 spiro atoms. The first-order chi connectivity index (χ1) is 8.45. The van der Waals surface area contributed by atoms with Gasteiger partial charge in [0.25, 0.3) is 0 Å². The van der Waals surface area contributed by atoms with E-state index in [-0.39, 0.29) is 4.90 Å². The van der Waals surface area contributed by atoms with Gasteiger partial charge in [-0.1, -0.05) is 6.92 Å². The zero-order valence-corrected chi connectivity index (χ0v) is 11.6. The van der Waals surface area contributed by atoms with Gasteiger partial charge in [-0.2, -0.15) is 0 Å². The summed E-state index contributed by atoms with van der Waals surface area (Å²) in [6.45, 7) is 2.70. The molecule has 1 fully saturated rings. The van der Waals surface area contributed by atoms with Crippen LogP contribution in [0.5, 0.6) is 0 Å². The van der Waals surface area contributed by atoms with Gasteiger partial charge in [-0.25, -0.2) is 22.7 Å². The van der Waals surface area contributed by atoms with Crippen molar-refractivity contribution in [2.45, 2.75) is 18.2 Å². The van der Waals surface area contributed by atoms with Crippen molar-refractivity contribution < 1.29 is 8.42 Å². The van der Waals surface area contributed by atoms with E-state index in [9.17, 15) is 8.42 Å². The van der Waals surface area contributed by atoms with E-state index in [2.05, 4.69) is 22.2 Å². The average molecular weight is 270 g/mol. The first-order valence-electron chi connectivity index (χ1n) is 5.91. The second kappa shape index (κ2) is 4.81. The summed E-state index contributed by atoms with van der Waals surface area (Å²) in [4.78, 5) is 7.99. The van der Waals surface area contributed by atoms with Crippen LogP contribution in [0.25, 0.3) is 0 Å². The standard InChI is InChI=1S/C11H18N4O2S/c1-8-4-9(8)7-15(3)18(16,17)10-5-13-11(12-2)14-6-10/h5-6,8-9H,4,7H2,1-3H3,(H,12,13,14). The Morgan fingerprint density at radius 2 is 2.00 bits per heavy atom. The third-order valence-electron chi connectivity index (χ3n) is 3.33. The van der Waals surface area contributed by atoms with Gasteiger partial charge in [-0.05, 0) is 18.3 Å². The molecule has 0 aromatic carbocycles. The van der Waals surface area contributed by atoms with Crippen molar-refractivity contribution in [3.8, 4) is 0 Å². The molecule has 7 heteroatoms. The minimum Gasteiger partial charge on any atom is -0.357 e. The maximum Gasteiger partial charge on any atom is 0.245 e. The van der Waals surface area contributed by atoms with Gasteiger partial charge in [0.2, 0.25) is 16.0 Å². The molecule has 0 radical (unpaired) electrons. The van der Waals surface area contributed by atoms with Crippen LogP contribution < -0.4 is 5.32 Å². The van der Waals surface area contributed by atoms with Crippen molar-refractivity contribution in [3.05, 3.63) is 12.4 Å². The van der Waals surface area contributed by atoms with Crippen LogP contribution in [-0.2, 0) is 10.0 Å². The number of hydrogen-bond acceptors (Lipinski definition) is 5. The van der Waals surface area contributed by atoms with E-state index >= 15 is 0 Å². The Bertz CT molecular complexity index is 514. The predicted molar refractivity (Wildman–Crippen MR) is 68.7 cm³/mol. The van der Waals surface area contributed by atoms with Crippen LogP contribution in [0.3, 0.4) is 0 Å². The Morgan fingerprint density at radius 1 is 1.44 bits per heavy atom. The quantitative estimate of drug-likeness (QED) is 0.856. The Labute approximate surface area is 107 Å². The average Bonchev–Trinajstić information content (AvgIpc) is 3.05. The van der Waals surface area contributed by atoms with E-state index in [0.29, 0.717) is 24.3 Å². The Kier molecular flexibility index (Phi) is 3.54. The maximum absolute atomic E-state index is 12.2. The maximum atomic E-state index is 12.2. The Morgan fingerprint density at radius 3 is 2.44 bits per heavy atom. The zero-order chi connectivity index (χ0) is 13.3. The Balaban J connectivity index is 2.13. The van der Waals surface area contributed by atoms with Crippen molar-refractivity contribution in [1.29, 1.82) is 0 Å². The van der Waals surface area contributed by atoms with E-state index < -0.39 is 10.0 Å². The largest absolute Gasteiger partial charge is 0.357 e. The minimum atomic E-state index is -3.46. The van der Waals surface area contributed by atoms with Gasteiger partial charge in [0.05, 0.1) is 12.4 Å². The highest BCUT2D eigenvalue weighted by Crippen LogP contribution is 2.38. The molecule has 0 amide bonds. The van der Waals surface area contributed by atoms with Gasteiger partial charge in [0, 0.05) is 20.6 Å². The van der Waals surface area contributed by atoms with Crippen molar-refractivity contribution in [2.75, 3.05) is 26.0 Å². The molecule has 1 aliphatic rings. The predicted octanol–water partition coefficient (Wildman–Crippen LogP) is 0.795. The fourth-order valence-corrected chi connectivity index (χ4v) is 2.96. The molecule has 1 aromatic rings. The molecule has 0 aliphatic heterocycles. The summed E-state index contributed by atoms with van der Waals surface area (Å²) in [6.07, 6.45) is 3.77. The molecule has 0 saturated heterocycles. The lowest BCUT2D eigenvalue weighted by Gasteiger charge is -2.16. The third-order valence-corrected chi connectivity index (χ3v) is 5.10. The van der Waals surface area contributed by atoms with E-state index in [1.165, 1.54) is 16.7 Å². The van der Waals surface area contributed by atoms with Crippen LogP contribution >= 0.6 is 0 Å². The number of nitrogens with one attached hydrogen (secondary N) is 1. The molecule has 2 rings (SSSR count). The van der Waals surface area contributed by atoms with Gasteiger partial charge in [0.1, 0.15) is 4.90 Å². The lowest BCUT2D eigenvalue weighted by molar-refractivity contribution is 0.444. The number of anilines is 1. The highest BCUT2D eigenvalue weighted by molar-refractivity contribution is 7.89. The molecule has 18 heavy (non-hydrogen) atoms. The molecule has 1 N–H and O–H groups in total. The third kappa shape index (κ3) is 2.62. The van der Waals surface area contributed by atoms with Crippen LogP contribution in [0.1, 0.15) is 13.3 Å². The Hall–Kier alpha value is -1.21. The van der Waals surface area contributed by atoms with Crippen molar-refractivity contribution in [2.24, 2.45) is 11.8 Å². The summed E-state index contributed by atoms with van der Waals surface area (Å²) in [5.74, 6) is 1.53. The van der Waals surface area contributed by atoms with Gasteiger partial charge >= 0.3 is 0 Å². The molecular formula is C11H18N4O2S. The number of nitrogens with zero attached hydrogens (tertiary/aromatic N) is 3. The van der Waals surface area contributed by atoms with Crippen molar-refractivity contribution >= 4 is 16.0 Å². The van der Waals surface area contributed by atoms with Gasteiger partial charge < -0.3 is 5.32 Å². The summed E-state index contributed by atoms with van der Waals surface area (Å²) >= 11 is 0. The van der Waals surface area contributed by atoms with E-state index in [0.717, 1.165) is 6.42 Å². The highest BCUT2D eigenvalue weighted by Gasteiger charge is 2.36. The smallest absolute Gasteiger partial charge is 0.245 e. The molecule has 1 saturated carbocycles. The van der Waals surface area contributed by atoms with E-state index in [1.54, 1.807) is 14.1 Å². The molecule has 100 valence electrons. The first-order valence-corrected chi connectivity index (χ1v) is 7.35. The van der Waals surface area contributed by atoms with Gasteiger partial charge in [-0.3, -0.25) is 0 Å². The van der Waals surface area contributed by atoms with Crippen LogP contribution in [0.15, 0.2) is 17.3 Å². The van der Waals surface area contributed by atoms with Gasteiger partial charge in [-0.15, -0.1) is 0 Å². The second-order valence-electron chi connectivity index (χ2n) is 4.75. The van der Waals surface area contributed by atoms with Crippen molar-refractivity contribution in [3.63, 3.8) is 0 Å². The highest BCUT2D eigenvalue weighted by atomic mass is 32.2. The van der Waals surface area contributed by atoms with Crippen LogP contribution in [0, 0.1) is 11.8 Å². The summed E-state index contributed by atoms with van der Waals surface area (Å²) in [5, 5.41) is 2.75. The minimum absolute atomic E-state index is 0.136. The molecule has 1 aliphatic carbocycles. The SMILES string of the molecule is CNc1ncc(S(=O)(=O)N(C)CC2CC2C)cn1. The molecule has 6 nitrogen and oxygen atoms in total. The molecule has 0 bridgehead atoms. The number of rotatable bonds is 5. The molecule has 1 heterocycles. The number of aromatic nitrogens is 2. The summed E-state index contributed by atoms with van der Waals surface area (Å²) in [7, 11) is -0.174. The number of hydrogen-bond donors (Lipinski definition) is 1. The fourth-order valence-electron chi connectivity index (χ4n) is 1.84. The summed E-state index contributed by atoms with van der Waals surface area (Å²) < 4.78 is 25.8. The lowest BCUT2D eigenvalue weighted by atomic mass is 10.3. The van der Waals surface area contributed by atoms with Crippen LogP contribution in [0.4, 0.5) is 5.95 Å². The van der Waals surface area contributed by atoms with E-state index in [4.69, 9.17) is 0 Å². The first kappa shape index (κ1) is 13.2. The van der Waals surface area contributed by atoms with Crippen LogP contribution in [-0.4, -0.2) is 43.3 Å². The number of sulfonamides is 1. The lowest BCUT2D eigenvalue weighted by Crippen LogP contribution is -2.29. The normalized spacial score (nSPS) is 23.1. The van der Waals surface area contributed by atoms with Gasteiger partial charge in [0.15, 0.2) is 0 Å². The molecule has 1 aromatic heterocycles. The van der Waals surface area contributed by atoms with Crippen LogP contribution in [0.2, 0.25) is 0 Å². The molecule has 2 unspecified atom stereocenters. The molecular weight excluding hydrogens is 252 g/mol. The van der Waals surface area contributed by atoms with E-state index in [1.807, 2.05) is 0 Å². The van der Waals surface area contributed by atoms with Crippen molar-refractivity contribution in [1.82, 2.24) is 14.3 Å². The summed E-state index contributed by atoms with van der Waals surface area (Å²) in [5.41, 5.74) is 0. The fraction of sp³-hybridized carbons (Fsp3) is 0.636. The monoisotopic (exact) mass is 270 g/mol. The topological polar surface area (TPSA) is 75.2 Å². The zero-order valence-electron chi connectivity index (χ0n) is 10.8.